The fourth-order valence-electron chi connectivity index (χ4n) is 3.18. The third-order valence-electron chi connectivity index (χ3n) is 4.77. The van der Waals surface area contributed by atoms with E-state index in [2.05, 4.69) is 51.7 Å². The van der Waals surface area contributed by atoms with Crippen LogP contribution in [0, 0.1) is 0 Å². The second-order valence-corrected chi connectivity index (χ2v) is 8.35. The SMILES string of the molecule is CCNC(=NCc1nc(C(C)C)cs1)NCCCCCN1CCCCC1.I. The van der Waals surface area contributed by atoms with Crippen LogP contribution < -0.4 is 10.6 Å². The second kappa shape index (κ2) is 14.6. The molecular formula is C20H38IN5S. The van der Waals surface area contributed by atoms with Crippen LogP contribution in [0.3, 0.4) is 0 Å². The molecule has 0 atom stereocenters. The molecule has 1 aromatic heterocycles. The number of hydrogen-bond donors (Lipinski definition) is 2. The lowest BCUT2D eigenvalue weighted by Crippen LogP contribution is -2.37. The minimum Gasteiger partial charge on any atom is -0.357 e. The summed E-state index contributed by atoms with van der Waals surface area (Å²) in [6, 6.07) is 0. The summed E-state index contributed by atoms with van der Waals surface area (Å²) in [5.74, 6) is 1.39. The van der Waals surface area contributed by atoms with E-state index < -0.39 is 0 Å². The minimum atomic E-state index is 0. The number of halogens is 1. The fraction of sp³-hybridized carbons (Fsp3) is 0.800. The van der Waals surface area contributed by atoms with E-state index in [4.69, 9.17) is 0 Å². The van der Waals surface area contributed by atoms with Gasteiger partial charge >= 0.3 is 0 Å². The molecule has 2 heterocycles. The van der Waals surface area contributed by atoms with Crippen molar-refractivity contribution in [3.05, 3.63) is 16.1 Å². The second-order valence-electron chi connectivity index (χ2n) is 7.41. The number of guanidine groups is 1. The van der Waals surface area contributed by atoms with Gasteiger partial charge in [0.25, 0.3) is 0 Å². The number of likely N-dealkylation sites (tertiary alicyclic amines) is 1. The van der Waals surface area contributed by atoms with Crippen LogP contribution in [-0.4, -0.2) is 48.6 Å². The van der Waals surface area contributed by atoms with Crippen molar-refractivity contribution in [3.63, 3.8) is 0 Å². The Hall–Kier alpha value is -0.410. The summed E-state index contributed by atoms with van der Waals surface area (Å²) in [6.45, 7) is 12.9. The monoisotopic (exact) mass is 507 g/mol. The molecule has 0 radical (unpaired) electrons. The fourth-order valence-corrected chi connectivity index (χ4v) is 4.06. The number of thiazole rings is 1. The summed E-state index contributed by atoms with van der Waals surface area (Å²) in [5, 5.41) is 10.0. The highest BCUT2D eigenvalue weighted by Gasteiger charge is 2.09. The van der Waals surface area contributed by atoms with E-state index in [1.807, 2.05) is 0 Å². The van der Waals surface area contributed by atoms with Crippen molar-refractivity contribution in [2.75, 3.05) is 32.7 Å². The summed E-state index contributed by atoms with van der Waals surface area (Å²) in [5.41, 5.74) is 1.17. The van der Waals surface area contributed by atoms with Gasteiger partial charge in [-0.3, -0.25) is 0 Å². The summed E-state index contributed by atoms with van der Waals surface area (Å²) >= 11 is 1.71. The molecule has 7 heteroatoms. The third-order valence-corrected chi connectivity index (χ3v) is 5.62. The van der Waals surface area contributed by atoms with Crippen LogP contribution in [0.25, 0.3) is 0 Å². The van der Waals surface area contributed by atoms with Gasteiger partial charge in [-0.2, -0.15) is 0 Å². The van der Waals surface area contributed by atoms with Crippen molar-refractivity contribution in [1.82, 2.24) is 20.5 Å². The molecular weight excluding hydrogens is 469 g/mol. The Morgan fingerprint density at radius 1 is 1.19 bits per heavy atom. The zero-order chi connectivity index (χ0) is 18.6. The first-order chi connectivity index (χ1) is 12.7. The summed E-state index contributed by atoms with van der Waals surface area (Å²) in [7, 11) is 0. The smallest absolute Gasteiger partial charge is 0.191 e. The Morgan fingerprint density at radius 3 is 2.63 bits per heavy atom. The molecule has 0 bridgehead atoms. The van der Waals surface area contributed by atoms with Crippen molar-refractivity contribution >= 4 is 41.3 Å². The van der Waals surface area contributed by atoms with Gasteiger partial charge in [-0.1, -0.05) is 26.7 Å². The zero-order valence-corrected chi connectivity index (χ0v) is 20.4. The van der Waals surface area contributed by atoms with Crippen LogP contribution in [0.15, 0.2) is 10.4 Å². The average molecular weight is 508 g/mol. The average Bonchev–Trinajstić information content (AvgIpc) is 3.12. The summed E-state index contributed by atoms with van der Waals surface area (Å²) in [4.78, 5) is 12.0. The lowest BCUT2D eigenvalue weighted by Gasteiger charge is -2.26. The van der Waals surface area contributed by atoms with Crippen molar-refractivity contribution in [2.45, 2.75) is 71.8 Å². The van der Waals surface area contributed by atoms with E-state index >= 15 is 0 Å². The number of nitrogens with one attached hydrogen (secondary N) is 2. The standard InChI is InChI=1S/C20H37N5S.HI/c1-4-21-20(23-15-19-24-18(16-26-19)17(2)3)22-11-7-5-8-12-25-13-9-6-10-14-25;/h16-17H,4-15H2,1-3H3,(H2,21,22,23);1H. The normalized spacial score (nSPS) is 15.6. The van der Waals surface area contributed by atoms with E-state index in [1.165, 1.54) is 63.9 Å². The molecule has 0 saturated carbocycles. The molecule has 1 saturated heterocycles. The highest BCUT2D eigenvalue weighted by atomic mass is 127. The quantitative estimate of drug-likeness (QED) is 0.211. The Labute approximate surface area is 186 Å². The maximum atomic E-state index is 4.68. The molecule has 1 aromatic rings. The number of aromatic nitrogens is 1. The van der Waals surface area contributed by atoms with Crippen molar-refractivity contribution in [1.29, 1.82) is 0 Å². The molecule has 0 unspecified atom stereocenters. The first-order valence-corrected chi connectivity index (χ1v) is 11.3. The summed E-state index contributed by atoms with van der Waals surface area (Å²) in [6.07, 6.45) is 8.00. The van der Waals surface area contributed by atoms with E-state index in [-0.39, 0.29) is 24.0 Å². The largest absolute Gasteiger partial charge is 0.357 e. The Morgan fingerprint density at radius 2 is 1.96 bits per heavy atom. The molecule has 1 aliphatic heterocycles. The van der Waals surface area contributed by atoms with Crippen molar-refractivity contribution in [3.8, 4) is 0 Å². The highest BCUT2D eigenvalue weighted by Crippen LogP contribution is 2.18. The number of rotatable bonds is 10. The van der Waals surface area contributed by atoms with Crippen LogP contribution in [0.5, 0.6) is 0 Å². The molecule has 5 nitrogen and oxygen atoms in total. The highest BCUT2D eigenvalue weighted by molar-refractivity contribution is 14.0. The van der Waals surface area contributed by atoms with Gasteiger partial charge in [-0.05, 0) is 58.2 Å². The van der Waals surface area contributed by atoms with Crippen LogP contribution in [0.2, 0.25) is 0 Å². The molecule has 0 aliphatic carbocycles. The van der Waals surface area contributed by atoms with Crippen LogP contribution in [0.1, 0.15) is 75.9 Å². The van der Waals surface area contributed by atoms with E-state index in [0.29, 0.717) is 12.5 Å². The molecule has 0 amide bonds. The molecule has 1 fully saturated rings. The molecule has 2 N–H and O–H groups in total. The minimum absolute atomic E-state index is 0. The predicted octanol–water partition coefficient (Wildman–Crippen LogP) is 4.60. The third kappa shape index (κ3) is 10.1. The van der Waals surface area contributed by atoms with Crippen molar-refractivity contribution < 1.29 is 0 Å². The number of unbranched alkanes of at least 4 members (excludes halogenated alkanes) is 2. The van der Waals surface area contributed by atoms with Gasteiger partial charge in [-0.15, -0.1) is 35.3 Å². The first-order valence-electron chi connectivity index (χ1n) is 10.4. The van der Waals surface area contributed by atoms with Crippen LogP contribution in [0.4, 0.5) is 0 Å². The molecule has 0 aromatic carbocycles. The maximum absolute atomic E-state index is 4.68. The van der Waals surface area contributed by atoms with Gasteiger partial charge in [-0.25, -0.2) is 9.98 Å². The topological polar surface area (TPSA) is 52.6 Å². The number of hydrogen-bond acceptors (Lipinski definition) is 4. The Balaban J connectivity index is 0.00000364. The maximum Gasteiger partial charge on any atom is 0.191 e. The lowest BCUT2D eigenvalue weighted by atomic mass is 10.1. The lowest BCUT2D eigenvalue weighted by molar-refractivity contribution is 0.224. The van der Waals surface area contributed by atoms with Gasteiger partial charge in [0.1, 0.15) is 5.01 Å². The van der Waals surface area contributed by atoms with Gasteiger partial charge in [0.05, 0.1) is 12.2 Å². The van der Waals surface area contributed by atoms with Gasteiger partial charge in [0.2, 0.25) is 0 Å². The predicted molar refractivity (Wildman–Crippen MR) is 129 cm³/mol. The van der Waals surface area contributed by atoms with E-state index in [1.54, 1.807) is 11.3 Å². The number of piperidine rings is 1. The molecule has 0 spiro atoms. The van der Waals surface area contributed by atoms with Gasteiger partial charge in [0.15, 0.2) is 5.96 Å². The Kier molecular flexibility index (Phi) is 13.3. The number of nitrogens with zero attached hydrogens (tertiary/aromatic N) is 3. The molecule has 1 aliphatic rings. The molecule has 156 valence electrons. The Bertz CT molecular complexity index is 526. The van der Waals surface area contributed by atoms with Crippen LogP contribution in [-0.2, 0) is 6.54 Å². The first kappa shape index (κ1) is 24.6. The van der Waals surface area contributed by atoms with Gasteiger partial charge in [0, 0.05) is 18.5 Å². The van der Waals surface area contributed by atoms with E-state index in [0.717, 1.165) is 24.1 Å². The van der Waals surface area contributed by atoms with E-state index in [9.17, 15) is 0 Å². The van der Waals surface area contributed by atoms with Crippen LogP contribution >= 0.6 is 35.3 Å². The molecule has 27 heavy (non-hydrogen) atoms. The molecule has 2 rings (SSSR count). The van der Waals surface area contributed by atoms with Gasteiger partial charge < -0.3 is 15.5 Å². The number of aliphatic imine (C=N–C) groups is 1. The van der Waals surface area contributed by atoms with Crippen molar-refractivity contribution in [2.24, 2.45) is 4.99 Å². The summed E-state index contributed by atoms with van der Waals surface area (Å²) < 4.78 is 0. The zero-order valence-electron chi connectivity index (χ0n) is 17.3.